The van der Waals surface area contributed by atoms with Crippen molar-refractivity contribution >= 4 is 29.3 Å². The zero-order valence-electron chi connectivity index (χ0n) is 13.7. The molecule has 2 aliphatic rings. The molecule has 2 heterocycles. The summed E-state index contributed by atoms with van der Waals surface area (Å²) >= 11 is 5.29. The van der Waals surface area contributed by atoms with Crippen LogP contribution in [0.25, 0.3) is 6.08 Å². The summed E-state index contributed by atoms with van der Waals surface area (Å²) in [7, 11) is 3.16. The van der Waals surface area contributed by atoms with Gasteiger partial charge in [0.25, 0.3) is 5.91 Å². The number of carbonyl (C=O) groups is 1. The van der Waals surface area contributed by atoms with Gasteiger partial charge >= 0.3 is 0 Å². The molecular formula is C17H20N2O4S. The molecule has 1 aromatic carbocycles. The third-order valence-electron chi connectivity index (χ3n) is 4.09. The van der Waals surface area contributed by atoms with Gasteiger partial charge in [-0.2, -0.15) is 0 Å². The summed E-state index contributed by atoms with van der Waals surface area (Å²) in [5, 5.41) is 3.40. The molecule has 2 fully saturated rings. The van der Waals surface area contributed by atoms with Crippen molar-refractivity contribution in [3.63, 3.8) is 0 Å². The Kier molecular flexibility index (Phi) is 5.01. The molecule has 128 valence electrons. The zero-order valence-corrected chi connectivity index (χ0v) is 14.5. The normalized spacial score (nSPS) is 22.2. The number of methoxy groups -OCH3 is 2. The van der Waals surface area contributed by atoms with E-state index in [-0.39, 0.29) is 12.0 Å². The molecule has 1 atom stereocenters. The number of ether oxygens (including phenoxy) is 3. The lowest BCUT2D eigenvalue weighted by Crippen LogP contribution is -2.37. The number of nitrogens with zero attached hydrogens (tertiary/aromatic N) is 1. The van der Waals surface area contributed by atoms with Crippen LogP contribution < -0.4 is 14.8 Å². The van der Waals surface area contributed by atoms with Gasteiger partial charge in [0.1, 0.15) is 5.70 Å². The molecule has 1 unspecified atom stereocenters. The van der Waals surface area contributed by atoms with Crippen molar-refractivity contribution in [3.8, 4) is 11.5 Å². The van der Waals surface area contributed by atoms with Crippen LogP contribution in [0, 0.1) is 0 Å². The number of hydrogen-bond acceptors (Lipinski definition) is 5. The van der Waals surface area contributed by atoms with Crippen LogP contribution in [-0.4, -0.2) is 49.4 Å². The van der Waals surface area contributed by atoms with Crippen molar-refractivity contribution in [2.45, 2.75) is 18.9 Å². The van der Waals surface area contributed by atoms with Crippen molar-refractivity contribution in [2.75, 3.05) is 27.4 Å². The molecule has 7 heteroatoms. The summed E-state index contributed by atoms with van der Waals surface area (Å²) < 4.78 is 16.1. The lowest BCUT2D eigenvalue weighted by Gasteiger charge is -2.18. The van der Waals surface area contributed by atoms with Crippen LogP contribution in [0.2, 0.25) is 0 Å². The van der Waals surface area contributed by atoms with Crippen molar-refractivity contribution in [3.05, 3.63) is 29.5 Å². The summed E-state index contributed by atoms with van der Waals surface area (Å²) in [6.45, 7) is 1.25. The molecule has 2 aliphatic heterocycles. The first-order valence-electron chi connectivity index (χ1n) is 7.80. The molecule has 0 saturated carbocycles. The second kappa shape index (κ2) is 7.19. The Labute approximate surface area is 146 Å². The minimum Gasteiger partial charge on any atom is -0.493 e. The van der Waals surface area contributed by atoms with Gasteiger partial charge < -0.3 is 19.5 Å². The molecule has 1 aromatic rings. The van der Waals surface area contributed by atoms with Crippen molar-refractivity contribution in [1.29, 1.82) is 0 Å². The molecule has 0 radical (unpaired) electrons. The largest absolute Gasteiger partial charge is 0.493 e. The van der Waals surface area contributed by atoms with Crippen LogP contribution in [-0.2, 0) is 9.53 Å². The molecule has 0 spiro atoms. The molecule has 2 saturated heterocycles. The van der Waals surface area contributed by atoms with Gasteiger partial charge in [-0.1, -0.05) is 6.07 Å². The molecule has 0 aromatic heterocycles. The van der Waals surface area contributed by atoms with E-state index in [1.54, 1.807) is 31.3 Å². The highest BCUT2D eigenvalue weighted by Gasteiger charge is 2.33. The third-order valence-corrected chi connectivity index (χ3v) is 4.41. The smallest absolute Gasteiger partial charge is 0.276 e. The van der Waals surface area contributed by atoms with E-state index < -0.39 is 0 Å². The molecule has 0 aliphatic carbocycles. The van der Waals surface area contributed by atoms with E-state index in [9.17, 15) is 4.79 Å². The fourth-order valence-corrected chi connectivity index (χ4v) is 3.11. The number of thiocarbonyl (C=S) groups is 1. The molecule has 0 bridgehead atoms. The molecule has 24 heavy (non-hydrogen) atoms. The first kappa shape index (κ1) is 16.7. The Morgan fingerprint density at radius 1 is 1.38 bits per heavy atom. The summed E-state index contributed by atoms with van der Waals surface area (Å²) in [6.07, 6.45) is 3.81. The van der Waals surface area contributed by atoms with E-state index in [0.717, 1.165) is 25.0 Å². The second-order valence-electron chi connectivity index (χ2n) is 5.65. The van der Waals surface area contributed by atoms with E-state index in [1.807, 2.05) is 12.1 Å². The number of rotatable bonds is 5. The molecule has 1 N–H and O–H groups in total. The maximum absolute atomic E-state index is 12.6. The lowest BCUT2D eigenvalue weighted by atomic mass is 10.1. The summed E-state index contributed by atoms with van der Waals surface area (Å²) in [5.74, 6) is 1.11. The highest BCUT2D eigenvalue weighted by Crippen LogP contribution is 2.29. The Morgan fingerprint density at radius 2 is 2.17 bits per heavy atom. The highest BCUT2D eigenvalue weighted by molar-refractivity contribution is 7.80. The van der Waals surface area contributed by atoms with Crippen molar-refractivity contribution in [2.24, 2.45) is 0 Å². The summed E-state index contributed by atoms with van der Waals surface area (Å²) in [6, 6.07) is 5.47. The van der Waals surface area contributed by atoms with Gasteiger partial charge in [0.15, 0.2) is 16.6 Å². The predicted molar refractivity (Wildman–Crippen MR) is 93.9 cm³/mol. The van der Waals surface area contributed by atoms with Crippen LogP contribution >= 0.6 is 12.2 Å². The Morgan fingerprint density at radius 3 is 2.83 bits per heavy atom. The monoisotopic (exact) mass is 348 g/mol. The maximum Gasteiger partial charge on any atom is 0.276 e. The first-order valence-corrected chi connectivity index (χ1v) is 8.21. The SMILES string of the molecule is COc1ccc(/C=C2\NC(=S)N(CC3CCCO3)C2=O)cc1OC. The van der Waals surface area contributed by atoms with Crippen molar-refractivity contribution in [1.82, 2.24) is 10.2 Å². The van der Waals surface area contributed by atoms with Gasteiger partial charge in [-0.3, -0.25) is 9.69 Å². The van der Waals surface area contributed by atoms with E-state index in [2.05, 4.69) is 5.32 Å². The number of amides is 1. The summed E-state index contributed by atoms with van der Waals surface area (Å²) in [4.78, 5) is 14.1. The Bertz CT molecular complexity index is 683. The molecule has 3 rings (SSSR count). The van der Waals surface area contributed by atoms with Gasteiger partial charge in [-0.15, -0.1) is 0 Å². The van der Waals surface area contributed by atoms with E-state index in [4.69, 9.17) is 26.4 Å². The lowest BCUT2D eigenvalue weighted by molar-refractivity contribution is -0.123. The number of carbonyl (C=O) groups excluding carboxylic acids is 1. The van der Waals surface area contributed by atoms with Gasteiger partial charge in [0.05, 0.1) is 26.9 Å². The number of benzene rings is 1. The third kappa shape index (κ3) is 3.37. The minimum atomic E-state index is -0.134. The van der Waals surface area contributed by atoms with Crippen LogP contribution in [0.1, 0.15) is 18.4 Å². The topological polar surface area (TPSA) is 60.0 Å². The van der Waals surface area contributed by atoms with Gasteiger partial charge in [0.2, 0.25) is 0 Å². The Hall–Kier alpha value is -2.12. The van der Waals surface area contributed by atoms with Crippen LogP contribution in [0.5, 0.6) is 11.5 Å². The predicted octanol–water partition coefficient (Wildman–Crippen LogP) is 1.94. The number of hydrogen-bond donors (Lipinski definition) is 1. The molecule has 6 nitrogen and oxygen atoms in total. The van der Waals surface area contributed by atoms with Gasteiger partial charge in [0, 0.05) is 6.61 Å². The minimum absolute atomic E-state index is 0.0640. The quantitative estimate of drug-likeness (QED) is 0.648. The Balaban J connectivity index is 1.78. The molecule has 1 amide bonds. The highest BCUT2D eigenvalue weighted by atomic mass is 32.1. The van der Waals surface area contributed by atoms with Crippen LogP contribution in [0.3, 0.4) is 0 Å². The van der Waals surface area contributed by atoms with Gasteiger partial charge in [-0.25, -0.2) is 0 Å². The zero-order chi connectivity index (χ0) is 17.1. The first-order chi connectivity index (χ1) is 11.6. The second-order valence-corrected chi connectivity index (χ2v) is 6.04. The standard InChI is InChI=1S/C17H20N2O4S/c1-21-14-6-5-11(9-15(14)22-2)8-13-16(20)19(17(24)18-13)10-12-4-3-7-23-12/h5-6,8-9,12H,3-4,7,10H2,1-2H3,(H,18,24)/b13-8-. The van der Waals surface area contributed by atoms with Gasteiger partial charge in [-0.05, 0) is 48.8 Å². The average Bonchev–Trinajstić information content (AvgIpc) is 3.19. The van der Waals surface area contributed by atoms with E-state index in [1.165, 1.54) is 0 Å². The molecular weight excluding hydrogens is 328 g/mol. The van der Waals surface area contributed by atoms with E-state index in [0.29, 0.717) is 28.9 Å². The van der Waals surface area contributed by atoms with Crippen LogP contribution in [0.15, 0.2) is 23.9 Å². The average molecular weight is 348 g/mol. The fraction of sp³-hybridized carbons (Fsp3) is 0.412. The van der Waals surface area contributed by atoms with Crippen molar-refractivity contribution < 1.29 is 19.0 Å². The maximum atomic E-state index is 12.6. The summed E-state index contributed by atoms with van der Waals surface area (Å²) in [5.41, 5.74) is 1.27. The van der Waals surface area contributed by atoms with E-state index >= 15 is 0 Å². The fourth-order valence-electron chi connectivity index (χ4n) is 2.84. The number of nitrogens with one attached hydrogen (secondary N) is 1. The van der Waals surface area contributed by atoms with Crippen LogP contribution in [0.4, 0.5) is 0 Å².